The lowest BCUT2D eigenvalue weighted by atomic mass is 9.97. The zero-order valence-corrected chi connectivity index (χ0v) is 22.1. The SMILES string of the molecule is CCOC(=O)C1CCN(C(=O)N[C@@H](Cc2ccc(NC(=O)c3c(Cl)cccc3Cl)cc2)C(=O)OC)CC1. The number of rotatable bonds is 8. The van der Waals surface area contributed by atoms with Gasteiger partial charge in [0, 0.05) is 25.2 Å². The predicted molar refractivity (Wildman–Crippen MR) is 140 cm³/mol. The first-order chi connectivity index (χ1) is 17.7. The minimum Gasteiger partial charge on any atom is -0.467 e. The highest BCUT2D eigenvalue weighted by Gasteiger charge is 2.30. The first-order valence-electron chi connectivity index (χ1n) is 11.9. The van der Waals surface area contributed by atoms with E-state index in [1.54, 1.807) is 54.3 Å². The van der Waals surface area contributed by atoms with E-state index in [9.17, 15) is 19.2 Å². The average molecular weight is 550 g/mol. The molecule has 0 saturated carbocycles. The molecule has 1 aliphatic heterocycles. The average Bonchev–Trinajstić information content (AvgIpc) is 2.89. The monoisotopic (exact) mass is 549 g/mol. The Bertz CT molecular complexity index is 1110. The minimum atomic E-state index is -0.914. The summed E-state index contributed by atoms with van der Waals surface area (Å²) in [5.74, 6) is -1.51. The van der Waals surface area contributed by atoms with Gasteiger partial charge in [0.15, 0.2) is 0 Å². The Hall–Kier alpha value is -3.30. The van der Waals surface area contributed by atoms with Crippen LogP contribution in [0.25, 0.3) is 0 Å². The number of carbonyl (C=O) groups excluding carboxylic acids is 4. The van der Waals surface area contributed by atoms with Gasteiger partial charge >= 0.3 is 18.0 Å². The third-order valence-electron chi connectivity index (χ3n) is 6.03. The van der Waals surface area contributed by atoms with E-state index in [1.165, 1.54) is 7.11 Å². The summed E-state index contributed by atoms with van der Waals surface area (Å²) in [5, 5.41) is 5.95. The second kappa shape index (κ2) is 13.3. The zero-order chi connectivity index (χ0) is 26.9. The summed E-state index contributed by atoms with van der Waals surface area (Å²) in [6.07, 6.45) is 1.19. The largest absolute Gasteiger partial charge is 0.467 e. The lowest BCUT2D eigenvalue weighted by molar-refractivity contribution is -0.149. The molecule has 11 heteroatoms. The topological polar surface area (TPSA) is 114 Å². The van der Waals surface area contributed by atoms with E-state index >= 15 is 0 Å². The number of anilines is 1. The second-order valence-electron chi connectivity index (χ2n) is 8.49. The molecule has 2 N–H and O–H groups in total. The van der Waals surface area contributed by atoms with E-state index in [-0.39, 0.29) is 33.9 Å². The fourth-order valence-corrected chi connectivity index (χ4v) is 4.59. The number of likely N-dealkylation sites (tertiary alicyclic amines) is 1. The zero-order valence-electron chi connectivity index (χ0n) is 20.6. The molecular formula is C26H29Cl2N3O6. The third kappa shape index (κ3) is 7.60. The molecular weight excluding hydrogens is 521 g/mol. The summed E-state index contributed by atoms with van der Waals surface area (Å²) >= 11 is 12.2. The van der Waals surface area contributed by atoms with Gasteiger partial charge in [0.2, 0.25) is 0 Å². The van der Waals surface area contributed by atoms with Crippen LogP contribution in [0.3, 0.4) is 0 Å². The van der Waals surface area contributed by atoms with Gasteiger partial charge in [-0.05, 0) is 49.6 Å². The molecule has 1 atom stereocenters. The van der Waals surface area contributed by atoms with E-state index < -0.39 is 23.9 Å². The van der Waals surface area contributed by atoms with Gasteiger partial charge in [-0.15, -0.1) is 0 Å². The molecule has 0 radical (unpaired) electrons. The molecule has 0 aliphatic carbocycles. The van der Waals surface area contributed by atoms with Crippen LogP contribution in [0.5, 0.6) is 0 Å². The molecule has 3 rings (SSSR count). The molecule has 198 valence electrons. The van der Waals surface area contributed by atoms with E-state index in [0.717, 1.165) is 5.56 Å². The highest BCUT2D eigenvalue weighted by Crippen LogP contribution is 2.25. The number of halogens is 2. The van der Waals surface area contributed by atoms with Crippen molar-refractivity contribution in [1.29, 1.82) is 0 Å². The molecule has 0 bridgehead atoms. The van der Waals surface area contributed by atoms with Crippen molar-refractivity contribution >= 4 is 52.8 Å². The predicted octanol–water partition coefficient (Wildman–Crippen LogP) is 4.31. The first-order valence-corrected chi connectivity index (χ1v) is 12.6. The molecule has 1 aliphatic rings. The highest BCUT2D eigenvalue weighted by atomic mass is 35.5. The normalized spacial score (nSPS) is 14.4. The van der Waals surface area contributed by atoms with Crippen molar-refractivity contribution in [2.24, 2.45) is 5.92 Å². The van der Waals surface area contributed by atoms with Gasteiger partial charge in [0.05, 0.1) is 35.2 Å². The van der Waals surface area contributed by atoms with Crippen molar-refractivity contribution in [1.82, 2.24) is 10.2 Å². The Morgan fingerprint density at radius 2 is 1.65 bits per heavy atom. The number of esters is 2. The number of hydrogen-bond acceptors (Lipinski definition) is 6. The molecule has 1 fully saturated rings. The van der Waals surface area contributed by atoms with Gasteiger partial charge < -0.3 is 25.0 Å². The Morgan fingerprint density at radius 3 is 2.22 bits per heavy atom. The maximum absolute atomic E-state index is 12.8. The van der Waals surface area contributed by atoms with Crippen LogP contribution in [-0.2, 0) is 25.5 Å². The van der Waals surface area contributed by atoms with Gasteiger partial charge in [0.25, 0.3) is 5.91 Å². The standard InChI is InChI=1S/C26H29Cl2N3O6/c1-3-37-24(33)17-11-13-31(14-12-17)26(35)30-21(25(34)36-2)15-16-7-9-18(10-8-16)29-23(32)22-19(27)5-4-6-20(22)28/h4-10,17,21H,3,11-15H2,1-2H3,(H,29,32)(H,30,35)/t21-/m0/s1. The molecule has 2 aromatic rings. The van der Waals surface area contributed by atoms with Crippen LogP contribution in [0.15, 0.2) is 42.5 Å². The third-order valence-corrected chi connectivity index (χ3v) is 6.66. The fourth-order valence-electron chi connectivity index (χ4n) is 4.02. The smallest absolute Gasteiger partial charge is 0.328 e. The van der Waals surface area contributed by atoms with Crippen LogP contribution >= 0.6 is 23.2 Å². The Kier molecular flexibility index (Phi) is 10.2. The van der Waals surface area contributed by atoms with E-state index in [4.69, 9.17) is 32.7 Å². The molecule has 2 aromatic carbocycles. The number of piperidine rings is 1. The van der Waals surface area contributed by atoms with Gasteiger partial charge in [-0.3, -0.25) is 9.59 Å². The number of urea groups is 1. The Labute approximate surface area is 225 Å². The van der Waals surface area contributed by atoms with E-state index in [2.05, 4.69) is 10.6 Å². The number of benzene rings is 2. The van der Waals surface area contributed by atoms with Crippen molar-refractivity contribution in [3.63, 3.8) is 0 Å². The molecule has 0 unspecified atom stereocenters. The van der Waals surface area contributed by atoms with E-state index in [1.807, 2.05) is 0 Å². The lowest BCUT2D eigenvalue weighted by Gasteiger charge is -2.32. The molecule has 1 heterocycles. The second-order valence-corrected chi connectivity index (χ2v) is 9.30. The van der Waals surface area contributed by atoms with Gasteiger partial charge in [-0.2, -0.15) is 0 Å². The minimum absolute atomic E-state index is 0.176. The maximum Gasteiger partial charge on any atom is 0.328 e. The summed E-state index contributed by atoms with van der Waals surface area (Å²) in [7, 11) is 1.25. The number of amides is 3. The summed E-state index contributed by atoms with van der Waals surface area (Å²) in [5.41, 5.74) is 1.42. The van der Waals surface area contributed by atoms with Crippen LogP contribution in [0.4, 0.5) is 10.5 Å². The Balaban J connectivity index is 1.59. The number of nitrogens with one attached hydrogen (secondary N) is 2. The van der Waals surface area contributed by atoms with Gasteiger partial charge in [-0.1, -0.05) is 41.4 Å². The van der Waals surface area contributed by atoms with Crippen LogP contribution in [0, 0.1) is 5.92 Å². The fraction of sp³-hybridized carbons (Fsp3) is 0.385. The Morgan fingerprint density at radius 1 is 1.03 bits per heavy atom. The number of methoxy groups -OCH3 is 1. The summed E-state index contributed by atoms with van der Waals surface area (Å²) < 4.78 is 9.94. The summed E-state index contributed by atoms with van der Waals surface area (Å²) in [6, 6.07) is 10.3. The van der Waals surface area contributed by atoms with E-state index in [0.29, 0.717) is 38.2 Å². The lowest BCUT2D eigenvalue weighted by Crippen LogP contribution is -2.51. The molecule has 0 spiro atoms. The van der Waals surface area contributed by atoms with Crippen LogP contribution in [0.2, 0.25) is 10.0 Å². The molecule has 1 saturated heterocycles. The van der Waals surface area contributed by atoms with Crippen molar-refractivity contribution in [3.05, 3.63) is 63.6 Å². The van der Waals surface area contributed by atoms with Gasteiger partial charge in [-0.25, -0.2) is 9.59 Å². The first kappa shape index (κ1) is 28.3. The molecule has 0 aromatic heterocycles. The number of nitrogens with zero attached hydrogens (tertiary/aromatic N) is 1. The summed E-state index contributed by atoms with van der Waals surface area (Å²) in [4.78, 5) is 51.3. The van der Waals surface area contributed by atoms with Gasteiger partial charge in [0.1, 0.15) is 6.04 Å². The van der Waals surface area contributed by atoms with Crippen molar-refractivity contribution in [2.75, 3.05) is 32.1 Å². The highest BCUT2D eigenvalue weighted by molar-refractivity contribution is 6.40. The quantitative estimate of drug-likeness (QED) is 0.474. The molecule has 9 nitrogen and oxygen atoms in total. The van der Waals surface area contributed by atoms with Crippen LogP contribution < -0.4 is 10.6 Å². The van der Waals surface area contributed by atoms with Crippen molar-refractivity contribution in [3.8, 4) is 0 Å². The number of carbonyl (C=O) groups is 4. The van der Waals surface area contributed by atoms with Crippen molar-refractivity contribution < 1.29 is 28.7 Å². The molecule has 3 amide bonds. The van der Waals surface area contributed by atoms with Crippen LogP contribution in [0.1, 0.15) is 35.7 Å². The van der Waals surface area contributed by atoms with Crippen molar-refractivity contribution in [2.45, 2.75) is 32.2 Å². The van der Waals surface area contributed by atoms with Crippen LogP contribution in [-0.4, -0.2) is 61.6 Å². The maximum atomic E-state index is 12.8. The molecule has 37 heavy (non-hydrogen) atoms. The number of hydrogen-bond donors (Lipinski definition) is 2. The number of ether oxygens (including phenoxy) is 2. The summed E-state index contributed by atoms with van der Waals surface area (Å²) in [6.45, 7) is 2.84.